The minimum atomic E-state index is 0.804. The highest BCUT2D eigenvalue weighted by molar-refractivity contribution is 7.99. The number of hydrogen-bond acceptors (Lipinski definition) is 4. The van der Waals surface area contributed by atoms with Crippen molar-refractivity contribution < 1.29 is 4.74 Å². The Labute approximate surface area is 134 Å². The molecule has 0 aromatic carbocycles. The fraction of sp³-hybridized carbons (Fsp3) is 0.800. The third-order valence-electron chi connectivity index (χ3n) is 2.76. The molecule has 5 nitrogen and oxygen atoms in total. The largest absolute Gasteiger partial charge is 0.385 e. The van der Waals surface area contributed by atoms with Crippen LogP contribution in [-0.2, 0) is 4.74 Å². The first-order chi connectivity index (χ1) is 10.2. The maximum atomic E-state index is 5.06. The number of hydrogen-bond donors (Lipinski definition) is 2. The molecular weight excluding hydrogens is 284 g/mol. The van der Waals surface area contributed by atoms with Crippen LogP contribution < -0.4 is 10.6 Å². The third kappa shape index (κ3) is 14.0. The maximum Gasteiger partial charge on any atom is 0.191 e. The highest BCUT2D eigenvalue weighted by atomic mass is 32.2. The van der Waals surface area contributed by atoms with Crippen LogP contribution in [-0.4, -0.2) is 75.9 Å². The molecule has 0 unspecified atom stereocenters. The minimum absolute atomic E-state index is 0.804. The zero-order chi connectivity index (χ0) is 15.8. The maximum absolute atomic E-state index is 5.06. The molecule has 2 N–H and O–H groups in total. The van der Waals surface area contributed by atoms with Crippen LogP contribution in [0.15, 0.2) is 17.6 Å². The number of nitrogens with zero attached hydrogens (tertiary/aromatic N) is 2. The van der Waals surface area contributed by atoms with Gasteiger partial charge in [-0.2, -0.15) is 11.8 Å². The average molecular weight is 317 g/mol. The first-order valence-electron chi connectivity index (χ1n) is 7.62. The molecule has 0 radical (unpaired) electrons. The Balaban J connectivity index is 3.83. The molecule has 0 saturated heterocycles. The summed E-state index contributed by atoms with van der Waals surface area (Å²) in [7, 11) is 3.86. The summed E-state index contributed by atoms with van der Waals surface area (Å²) in [4.78, 5) is 6.88. The highest BCUT2D eigenvalue weighted by Gasteiger charge is 1.99. The molecule has 0 aromatic rings. The van der Waals surface area contributed by atoms with Crippen LogP contribution >= 0.6 is 11.8 Å². The molecule has 0 aliphatic carbocycles. The van der Waals surface area contributed by atoms with Crippen molar-refractivity contribution in [2.45, 2.75) is 13.3 Å². The van der Waals surface area contributed by atoms with Gasteiger partial charge in [-0.15, -0.1) is 6.58 Å². The molecule has 0 amide bonds. The summed E-state index contributed by atoms with van der Waals surface area (Å²) in [5, 5.41) is 6.62. The van der Waals surface area contributed by atoms with E-state index >= 15 is 0 Å². The topological polar surface area (TPSA) is 48.9 Å². The van der Waals surface area contributed by atoms with Crippen LogP contribution in [0.2, 0.25) is 0 Å². The molecule has 0 atom stereocenters. The Morgan fingerprint density at radius 2 is 2.19 bits per heavy atom. The van der Waals surface area contributed by atoms with Crippen molar-refractivity contribution >= 4 is 17.7 Å². The van der Waals surface area contributed by atoms with E-state index in [1.54, 1.807) is 7.11 Å². The van der Waals surface area contributed by atoms with Gasteiger partial charge in [0.25, 0.3) is 0 Å². The van der Waals surface area contributed by atoms with E-state index in [2.05, 4.69) is 41.1 Å². The lowest BCUT2D eigenvalue weighted by Crippen LogP contribution is -2.39. The number of guanidine groups is 1. The van der Waals surface area contributed by atoms with Gasteiger partial charge in [-0.05, 0) is 20.4 Å². The Kier molecular flexibility index (Phi) is 15.1. The molecule has 124 valence electrons. The molecule has 0 spiro atoms. The van der Waals surface area contributed by atoms with Crippen LogP contribution in [0.3, 0.4) is 0 Å². The predicted molar refractivity (Wildman–Crippen MR) is 95.5 cm³/mol. The van der Waals surface area contributed by atoms with Gasteiger partial charge in [-0.3, -0.25) is 4.99 Å². The fourth-order valence-electron chi connectivity index (χ4n) is 1.67. The number of thioether (sulfide) groups is 1. The van der Waals surface area contributed by atoms with Crippen molar-refractivity contribution in [2.24, 2.45) is 4.99 Å². The molecule has 0 heterocycles. The lowest BCUT2D eigenvalue weighted by atomic mass is 10.4. The molecule has 21 heavy (non-hydrogen) atoms. The molecule has 0 bridgehead atoms. The van der Waals surface area contributed by atoms with Crippen LogP contribution in [0.4, 0.5) is 0 Å². The van der Waals surface area contributed by atoms with Gasteiger partial charge in [-0.25, -0.2) is 0 Å². The number of likely N-dealkylation sites (N-methyl/N-ethyl adjacent to an activating group) is 1. The van der Waals surface area contributed by atoms with E-state index in [4.69, 9.17) is 4.74 Å². The Bertz CT molecular complexity index is 274. The number of rotatable bonds is 13. The van der Waals surface area contributed by atoms with Crippen molar-refractivity contribution in [3.8, 4) is 0 Å². The lowest BCUT2D eigenvalue weighted by molar-refractivity contribution is 0.180. The summed E-state index contributed by atoms with van der Waals surface area (Å²) >= 11 is 1.87. The standard InChI is InChI=1S/C15H32N4OS/c1-5-13-21-14-9-18-15(16-6-2)17-8-11-19(3)10-7-12-20-4/h5H,1,6-14H2,2-4H3,(H2,16,17,18). The monoisotopic (exact) mass is 316 g/mol. The van der Waals surface area contributed by atoms with E-state index in [1.807, 2.05) is 17.8 Å². The van der Waals surface area contributed by atoms with Gasteiger partial charge in [0.05, 0.1) is 6.54 Å². The van der Waals surface area contributed by atoms with Gasteiger partial charge in [0.1, 0.15) is 0 Å². The normalized spacial score (nSPS) is 11.7. The van der Waals surface area contributed by atoms with E-state index in [0.29, 0.717) is 0 Å². The van der Waals surface area contributed by atoms with Crippen LogP contribution in [0, 0.1) is 0 Å². The molecule has 0 rings (SSSR count). The summed E-state index contributed by atoms with van der Waals surface area (Å²) in [5.74, 6) is 2.97. The van der Waals surface area contributed by atoms with E-state index in [9.17, 15) is 0 Å². The number of methoxy groups -OCH3 is 1. The number of nitrogens with one attached hydrogen (secondary N) is 2. The smallest absolute Gasteiger partial charge is 0.191 e. The summed E-state index contributed by atoms with van der Waals surface area (Å²) in [6, 6.07) is 0. The van der Waals surface area contributed by atoms with Gasteiger partial charge in [0.2, 0.25) is 0 Å². The van der Waals surface area contributed by atoms with E-state index in [0.717, 1.165) is 63.2 Å². The Morgan fingerprint density at radius 3 is 2.86 bits per heavy atom. The quantitative estimate of drug-likeness (QED) is 0.233. The van der Waals surface area contributed by atoms with Crippen molar-refractivity contribution in [3.63, 3.8) is 0 Å². The fourth-order valence-corrected chi connectivity index (χ4v) is 2.25. The Hall–Kier alpha value is -0.720. The molecule has 0 aliphatic heterocycles. The minimum Gasteiger partial charge on any atom is -0.385 e. The predicted octanol–water partition coefficient (Wildman–Crippen LogP) is 1.43. The highest BCUT2D eigenvalue weighted by Crippen LogP contribution is 1.96. The van der Waals surface area contributed by atoms with E-state index in [1.165, 1.54) is 0 Å². The Morgan fingerprint density at radius 1 is 1.38 bits per heavy atom. The molecule has 0 aromatic heterocycles. The van der Waals surface area contributed by atoms with Gasteiger partial charge >= 0.3 is 0 Å². The third-order valence-corrected chi connectivity index (χ3v) is 3.72. The molecule has 0 fully saturated rings. The molecule has 0 aliphatic rings. The van der Waals surface area contributed by atoms with Crippen LogP contribution in [0.5, 0.6) is 0 Å². The van der Waals surface area contributed by atoms with Crippen LogP contribution in [0.1, 0.15) is 13.3 Å². The molecular formula is C15H32N4OS. The first kappa shape index (κ1) is 20.3. The van der Waals surface area contributed by atoms with Gasteiger partial charge in [-0.1, -0.05) is 6.08 Å². The second-order valence-corrected chi connectivity index (χ2v) is 5.85. The zero-order valence-corrected chi connectivity index (χ0v) is 14.7. The SMILES string of the molecule is C=CCSCCNC(=NCCN(C)CCCOC)NCC. The molecule has 0 saturated carbocycles. The molecule has 6 heteroatoms. The lowest BCUT2D eigenvalue weighted by Gasteiger charge is -2.16. The summed E-state index contributed by atoms with van der Waals surface area (Å²) in [6.45, 7) is 11.2. The summed E-state index contributed by atoms with van der Waals surface area (Å²) in [5.41, 5.74) is 0. The first-order valence-corrected chi connectivity index (χ1v) is 8.78. The van der Waals surface area contributed by atoms with E-state index < -0.39 is 0 Å². The number of ether oxygens (including phenoxy) is 1. The zero-order valence-electron chi connectivity index (χ0n) is 13.9. The van der Waals surface area contributed by atoms with Gasteiger partial charge in [0.15, 0.2) is 5.96 Å². The second-order valence-electron chi connectivity index (χ2n) is 4.70. The second kappa shape index (κ2) is 15.7. The van der Waals surface area contributed by atoms with Crippen LogP contribution in [0.25, 0.3) is 0 Å². The summed E-state index contributed by atoms with van der Waals surface area (Å²) in [6.07, 6.45) is 3.00. The summed E-state index contributed by atoms with van der Waals surface area (Å²) < 4.78 is 5.06. The number of aliphatic imine (C=N–C) groups is 1. The van der Waals surface area contributed by atoms with Crippen molar-refractivity contribution in [1.29, 1.82) is 0 Å². The van der Waals surface area contributed by atoms with Crippen molar-refractivity contribution in [3.05, 3.63) is 12.7 Å². The van der Waals surface area contributed by atoms with Gasteiger partial charge < -0.3 is 20.3 Å². The average Bonchev–Trinajstić information content (AvgIpc) is 2.47. The van der Waals surface area contributed by atoms with E-state index in [-0.39, 0.29) is 0 Å². The van der Waals surface area contributed by atoms with Crippen molar-refractivity contribution in [1.82, 2.24) is 15.5 Å². The van der Waals surface area contributed by atoms with Gasteiger partial charge in [0, 0.05) is 51.4 Å². The van der Waals surface area contributed by atoms with Crippen molar-refractivity contribution in [2.75, 3.05) is 65.0 Å².